The lowest BCUT2D eigenvalue weighted by Crippen LogP contribution is -2.39. The Labute approximate surface area is 108 Å². The molecule has 0 aromatic heterocycles. The van der Waals surface area contributed by atoms with Gasteiger partial charge in [0.25, 0.3) is 0 Å². The van der Waals surface area contributed by atoms with Crippen LogP contribution in [-0.4, -0.2) is 40.9 Å². The number of carbonyl (C=O) groups excluding carboxylic acids is 1. The molecule has 0 aliphatic heterocycles. The maximum Gasteiger partial charge on any atom is 0.235 e. The van der Waals surface area contributed by atoms with Gasteiger partial charge >= 0.3 is 0 Å². The highest BCUT2D eigenvalue weighted by molar-refractivity contribution is 7.81. The molecule has 0 aliphatic carbocycles. The van der Waals surface area contributed by atoms with Crippen LogP contribution in [0.25, 0.3) is 0 Å². The molecule has 17 heavy (non-hydrogen) atoms. The van der Waals surface area contributed by atoms with Gasteiger partial charge in [0.1, 0.15) is 0 Å². The average Bonchev–Trinajstić information content (AvgIpc) is 2.36. The van der Waals surface area contributed by atoms with Crippen LogP contribution in [0.4, 0.5) is 0 Å². The van der Waals surface area contributed by atoms with Gasteiger partial charge in [0, 0.05) is 13.1 Å². The van der Waals surface area contributed by atoms with Crippen LogP contribution in [0.15, 0.2) is 30.3 Å². The molecule has 0 saturated heterocycles. The van der Waals surface area contributed by atoms with Crippen LogP contribution in [-0.2, 0) is 11.2 Å². The predicted molar refractivity (Wildman–Crippen MR) is 72.3 cm³/mol. The van der Waals surface area contributed by atoms with Crippen molar-refractivity contribution in [3.05, 3.63) is 35.9 Å². The van der Waals surface area contributed by atoms with Gasteiger partial charge in [-0.25, -0.2) is 0 Å². The lowest BCUT2D eigenvalue weighted by atomic mass is 10.1. The zero-order valence-electron chi connectivity index (χ0n) is 10.0. The summed E-state index contributed by atoms with van der Waals surface area (Å²) in [7, 11) is 0. The number of thiol groups is 1. The fourth-order valence-corrected chi connectivity index (χ4v) is 2.05. The molecule has 4 heteroatoms. The van der Waals surface area contributed by atoms with Gasteiger partial charge in [-0.05, 0) is 18.9 Å². The van der Waals surface area contributed by atoms with Gasteiger partial charge in [0.05, 0.1) is 11.9 Å². The van der Waals surface area contributed by atoms with Gasteiger partial charge in [-0.3, -0.25) is 4.79 Å². The minimum atomic E-state index is -0.344. The second-order valence-corrected chi connectivity index (χ2v) is 4.47. The molecule has 1 aromatic carbocycles. The minimum Gasteiger partial charge on any atom is -0.395 e. The molecular formula is C13H19NO2S. The first-order valence-corrected chi connectivity index (χ1v) is 6.32. The summed E-state index contributed by atoms with van der Waals surface area (Å²) in [6.07, 6.45) is 0.616. The Balaban J connectivity index is 2.57. The van der Waals surface area contributed by atoms with E-state index in [-0.39, 0.29) is 17.8 Å². The lowest BCUT2D eigenvalue weighted by molar-refractivity contribution is -0.130. The van der Waals surface area contributed by atoms with Crippen LogP contribution in [0, 0.1) is 0 Å². The van der Waals surface area contributed by atoms with Crippen LogP contribution < -0.4 is 0 Å². The Morgan fingerprint density at radius 3 is 2.59 bits per heavy atom. The molecule has 0 aliphatic rings. The van der Waals surface area contributed by atoms with Crippen molar-refractivity contribution < 1.29 is 9.90 Å². The van der Waals surface area contributed by atoms with Crippen molar-refractivity contribution in [3.8, 4) is 0 Å². The molecular weight excluding hydrogens is 234 g/mol. The minimum absolute atomic E-state index is 0.00852. The molecule has 1 unspecified atom stereocenters. The number of likely N-dealkylation sites (N-methyl/N-ethyl adjacent to an activating group) is 1. The molecule has 1 aromatic rings. The van der Waals surface area contributed by atoms with E-state index in [2.05, 4.69) is 12.6 Å². The summed E-state index contributed by atoms with van der Waals surface area (Å²) in [6, 6.07) is 9.82. The lowest BCUT2D eigenvalue weighted by Gasteiger charge is -2.23. The van der Waals surface area contributed by atoms with Crippen molar-refractivity contribution in [2.45, 2.75) is 18.6 Å². The Bertz CT molecular complexity index is 343. The van der Waals surface area contributed by atoms with Crippen molar-refractivity contribution >= 4 is 18.5 Å². The number of hydrogen-bond acceptors (Lipinski definition) is 3. The summed E-state index contributed by atoms with van der Waals surface area (Å²) in [5.74, 6) is -0.0197. The third-order valence-electron chi connectivity index (χ3n) is 2.62. The molecule has 0 fully saturated rings. The van der Waals surface area contributed by atoms with E-state index in [1.54, 1.807) is 4.90 Å². The first-order chi connectivity index (χ1) is 8.19. The van der Waals surface area contributed by atoms with E-state index in [1.807, 2.05) is 37.3 Å². The Morgan fingerprint density at radius 2 is 2.06 bits per heavy atom. The summed E-state index contributed by atoms with van der Waals surface area (Å²) in [4.78, 5) is 13.6. The first-order valence-electron chi connectivity index (χ1n) is 5.80. The largest absolute Gasteiger partial charge is 0.395 e. The molecule has 1 amide bonds. The normalized spacial score (nSPS) is 12.2. The fourth-order valence-electron chi connectivity index (χ4n) is 1.68. The third kappa shape index (κ3) is 4.40. The first kappa shape index (κ1) is 14.1. The maximum absolute atomic E-state index is 12.0. The van der Waals surface area contributed by atoms with Gasteiger partial charge in [0.15, 0.2) is 0 Å². The zero-order valence-corrected chi connectivity index (χ0v) is 10.9. The second kappa shape index (κ2) is 7.35. The second-order valence-electron chi connectivity index (χ2n) is 3.85. The Morgan fingerprint density at radius 1 is 1.41 bits per heavy atom. The summed E-state index contributed by atoms with van der Waals surface area (Å²) in [5.41, 5.74) is 1.10. The number of hydrogen-bond donors (Lipinski definition) is 2. The smallest absolute Gasteiger partial charge is 0.235 e. The Kier molecular flexibility index (Phi) is 6.08. The van der Waals surface area contributed by atoms with Gasteiger partial charge in [0.2, 0.25) is 5.91 Å². The van der Waals surface area contributed by atoms with E-state index >= 15 is 0 Å². The third-order valence-corrected chi connectivity index (χ3v) is 3.02. The van der Waals surface area contributed by atoms with E-state index in [0.29, 0.717) is 19.5 Å². The molecule has 94 valence electrons. The highest BCUT2D eigenvalue weighted by Crippen LogP contribution is 2.10. The van der Waals surface area contributed by atoms with Crippen LogP contribution in [0.1, 0.15) is 12.5 Å². The number of nitrogens with zero attached hydrogens (tertiary/aromatic N) is 1. The van der Waals surface area contributed by atoms with E-state index in [9.17, 15) is 4.79 Å². The van der Waals surface area contributed by atoms with Gasteiger partial charge in [-0.1, -0.05) is 30.3 Å². The van der Waals surface area contributed by atoms with Crippen LogP contribution >= 0.6 is 12.6 Å². The summed E-state index contributed by atoms with van der Waals surface area (Å²) in [5, 5.41) is 8.53. The van der Waals surface area contributed by atoms with Crippen molar-refractivity contribution in [2.75, 3.05) is 19.7 Å². The van der Waals surface area contributed by atoms with E-state index < -0.39 is 0 Å². The number of aliphatic hydroxyl groups excluding tert-OH is 1. The van der Waals surface area contributed by atoms with E-state index in [0.717, 1.165) is 5.56 Å². The standard InChI is InChI=1S/C13H19NO2S/c1-2-14(8-9-15)13(16)12(17)10-11-6-4-3-5-7-11/h3-7,12,15,17H,2,8-10H2,1H3. The highest BCUT2D eigenvalue weighted by Gasteiger charge is 2.19. The zero-order chi connectivity index (χ0) is 12.7. The number of rotatable bonds is 6. The van der Waals surface area contributed by atoms with Gasteiger partial charge in [-0.15, -0.1) is 0 Å². The molecule has 1 atom stereocenters. The molecule has 0 bridgehead atoms. The molecule has 0 heterocycles. The predicted octanol–water partition coefficient (Wildman–Crippen LogP) is 1.37. The Hall–Kier alpha value is -1.00. The van der Waals surface area contributed by atoms with E-state index in [1.165, 1.54) is 0 Å². The number of amides is 1. The SMILES string of the molecule is CCN(CCO)C(=O)C(S)Cc1ccccc1. The molecule has 1 rings (SSSR count). The highest BCUT2D eigenvalue weighted by atomic mass is 32.1. The van der Waals surface area contributed by atoms with Gasteiger partial charge < -0.3 is 10.0 Å². The van der Waals surface area contributed by atoms with Crippen LogP contribution in [0.5, 0.6) is 0 Å². The van der Waals surface area contributed by atoms with Crippen molar-refractivity contribution in [1.82, 2.24) is 4.90 Å². The van der Waals surface area contributed by atoms with Crippen molar-refractivity contribution in [1.29, 1.82) is 0 Å². The molecule has 3 nitrogen and oxygen atoms in total. The summed E-state index contributed by atoms with van der Waals surface area (Å²) >= 11 is 4.35. The molecule has 0 saturated carbocycles. The average molecular weight is 253 g/mol. The molecule has 0 spiro atoms. The van der Waals surface area contributed by atoms with Crippen molar-refractivity contribution in [3.63, 3.8) is 0 Å². The fraction of sp³-hybridized carbons (Fsp3) is 0.462. The van der Waals surface area contributed by atoms with Crippen LogP contribution in [0.3, 0.4) is 0 Å². The molecule has 1 N–H and O–H groups in total. The van der Waals surface area contributed by atoms with E-state index in [4.69, 9.17) is 5.11 Å². The van der Waals surface area contributed by atoms with Crippen molar-refractivity contribution in [2.24, 2.45) is 0 Å². The maximum atomic E-state index is 12.0. The topological polar surface area (TPSA) is 40.5 Å². The number of aliphatic hydroxyl groups is 1. The molecule has 0 radical (unpaired) electrons. The number of carbonyl (C=O) groups is 1. The number of benzene rings is 1. The summed E-state index contributed by atoms with van der Waals surface area (Å²) in [6.45, 7) is 2.87. The van der Waals surface area contributed by atoms with Gasteiger partial charge in [-0.2, -0.15) is 12.6 Å². The summed E-state index contributed by atoms with van der Waals surface area (Å²) < 4.78 is 0. The van der Waals surface area contributed by atoms with Crippen LogP contribution in [0.2, 0.25) is 0 Å². The quantitative estimate of drug-likeness (QED) is 0.752. The monoisotopic (exact) mass is 253 g/mol.